The number of anilines is 3. The lowest BCUT2D eigenvalue weighted by Crippen LogP contribution is -2.08. The van der Waals surface area contributed by atoms with Crippen LogP contribution >= 0.6 is 0 Å². The number of rotatable bonds is 4. The summed E-state index contributed by atoms with van der Waals surface area (Å²) in [4.78, 5) is 25.2. The minimum atomic E-state index is -1.01. The Morgan fingerprint density at radius 2 is 2.04 bits per heavy atom. The molecule has 1 aromatic carbocycles. The number of carboxylic acid groups (broad SMARTS) is 1. The third-order valence-electron chi connectivity index (χ3n) is 4.23. The molecule has 4 rings (SSSR count). The van der Waals surface area contributed by atoms with Crippen LogP contribution in [-0.4, -0.2) is 40.1 Å². The maximum Gasteiger partial charge on any atom is 0.352 e. The molecule has 7 nitrogen and oxygen atoms in total. The molecule has 0 bridgehead atoms. The van der Waals surface area contributed by atoms with Gasteiger partial charge >= 0.3 is 5.97 Å². The lowest BCUT2D eigenvalue weighted by molar-refractivity contribution is 0.0691. The van der Waals surface area contributed by atoms with Gasteiger partial charge in [0.15, 0.2) is 0 Å². The second kappa shape index (κ2) is 6.03. The smallest absolute Gasteiger partial charge is 0.352 e. The van der Waals surface area contributed by atoms with Crippen molar-refractivity contribution < 1.29 is 9.90 Å². The van der Waals surface area contributed by atoms with Gasteiger partial charge in [-0.2, -0.15) is 0 Å². The fraction of sp³-hybridized carbons (Fsp3) is 0.105. The molecule has 0 fully saturated rings. The highest BCUT2D eigenvalue weighted by molar-refractivity contribution is 6.11. The predicted molar refractivity (Wildman–Crippen MR) is 102 cm³/mol. The quantitative estimate of drug-likeness (QED) is 0.522. The topological polar surface area (TPSA) is 94.1 Å². The van der Waals surface area contributed by atoms with Crippen molar-refractivity contribution in [2.24, 2.45) is 0 Å². The largest absolute Gasteiger partial charge is 0.477 e. The van der Waals surface area contributed by atoms with Crippen LogP contribution in [0.1, 0.15) is 10.5 Å². The van der Waals surface area contributed by atoms with Crippen molar-refractivity contribution in [3.05, 3.63) is 54.5 Å². The zero-order valence-corrected chi connectivity index (χ0v) is 14.3. The zero-order chi connectivity index (χ0) is 18.3. The minimum Gasteiger partial charge on any atom is -0.477 e. The SMILES string of the molecule is CN(C)c1cccc(Nc2nc3cnccc3c3[nH]c(C(=O)O)cc23)c1. The first-order valence-corrected chi connectivity index (χ1v) is 8.07. The van der Waals surface area contributed by atoms with E-state index in [2.05, 4.69) is 20.3 Å². The third-order valence-corrected chi connectivity index (χ3v) is 4.23. The number of carbonyl (C=O) groups is 1. The van der Waals surface area contributed by atoms with E-state index < -0.39 is 5.97 Å². The second-order valence-electron chi connectivity index (χ2n) is 6.20. The van der Waals surface area contributed by atoms with Gasteiger partial charge in [-0.3, -0.25) is 4.98 Å². The van der Waals surface area contributed by atoms with E-state index in [0.29, 0.717) is 11.3 Å². The van der Waals surface area contributed by atoms with Crippen LogP contribution < -0.4 is 10.2 Å². The Hall–Kier alpha value is -3.61. The number of hydrogen-bond donors (Lipinski definition) is 3. The highest BCUT2D eigenvalue weighted by atomic mass is 16.4. The van der Waals surface area contributed by atoms with Gasteiger partial charge in [-0.15, -0.1) is 0 Å². The number of nitrogens with one attached hydrogen (secondary N) is 2. The molecule has 0 aliphatic carbocycles. The molecule has 3 heterocycles. The number of aromatic carboxylic acids is 1. The average Bonchev–Trinajstić information content (AvgIpc) is 3.08. The Balaban J connectivity index is 1.90. The molecule has 0 saturated heterocycles. The first kappa shape index (κ1) is 15.9. The summed E-state index contributed by atoms with van der Waals surface area (Å²) >= 11 is 0. The van der Waals surface area contributed by atoms with E-state index in [1.165, 1.54) is 0 Å². The molecule has 0 spiro atoms. The molecule has 7 heteroatoms. The summed E-state index contributed by atoms with van der Waals surface area (Å²) in [6.45, 7) is 0. The molecule has 3 N–H and O–H groups in total. The molecule has 3 aromatic heterocycles. The monoisotopic (exact) mass is 347 g/mol. The maximum atomic E-state index is 11.4. The summed E-state index contributed by atoms with van der Waals surface area (Å²) in [5.74, 6) is -0.427. The second-order valence-corrected chi connectivity index (χ2v) is 6.20. The van der Waals surface area contributed by atoms with Crippen molar-refractivity contribution >= 4 is 45.0 Å². The number of benzene rings is 1. The summed E-state index contributed by atoms with van der Waals surface area (Å²) in [6.07, 6.45) is 3.33. The van der Waals surface area contributed by atoms with Crippen molar-refractivity contribution in [1.29, 1.82) is 0 Å². The highest BCUT2D eigenvalue weighted by Gasteiger charge is 2.15. The number of pyridine rings is 2. The number of aromatic nitrogens is 3. The first-order valence-electron chi connectivity index (χ1n) is 8.07. The van der Waals surface area contributed by atoms with E-state index in [0.717, 1.165) is 27.7 Å². The van der Waals surface area contributed by atoms with Crippen LogP contribution in [0, 0.1) is 0 Å². The van der Waals surface area contributed by atoms with E-state index in [9.17, 15) is 9.90 Å². The summed E-state index contributed by atoms with van der Waals surface area (Å²) in [7, 11) is 3.95. The Kier molecular flexibility index (Phi) is 3.69. The predicted octanol–water partition coefficient (Wildman–Crippen LogP) is 3.62. The van der Waals surface area contributed by atoms with Gasteiger partial charge in [0.2, 0.25) is 0 Å². The van der Waals surface area contributed by atoms with E-state index in [4.69, 9.17) is 0 Å². The molecule has 0 atom stereocenters. The van der Waals surface area contributed by atoms with E-state index in [-0.39, 0.29) is 5.69 Å². The molecule has 130 valence electrons. The minimum absolute atomic E-state index is 0.121. The molecule has 0 radical (unpaired) electrons. The van der Waals surface area contributed by atoms with Crippen LogP contribution in [0.2, 0.25) is 0 Å². The van der Waals surface area contributed by atoms with Crippen LogP contribution in [0.15, 0.2) is 48.8 Å². The maximum absolute atomic E-state index is 11.4. The molecule has 0 aliphatic rings. The summed E-state index contributed by atoms with van der Waals surface area (Å²) in [5.41, 5.74) is 3.45. The van der Waals surface area contributed by atoms with Gasteiger partial charge in [-0.05, 0) is 30.3 Å². The fourth-order valence-corrected chi connectivity index (χ4v) is 2.93. The fourth-order valence-electron chi connectivity index (χ4n) is 2.93. The number of hydrogen-bond acceptors (Lipinski definition) is 5. The normalized spacial score (nSPS) is 11.0. The van der Waals surface area contributed by atoms with Gasteiger partial charge in [-0.1, -0.05) is 6.07 Å². The van der Waals surface area contributed by atoms with Crippen LogP contribution in [0.25, 0.3) is 21.8 Å². The molecule has 26 heavy (non-hydrogen) atoms. The van der Waals surface area contributed by atoms with Gasteiger partial charge in [0.25, 0.3) is 0 Å². The van der Waals surface area contributed by atoms with Crippen LogP contribution in [0.4, 0.5) is 17.2 Å². The number of fused-ring (bicyclic) bond motifs is 3. The zero-order valence-electron chi connectivity index (χ0n) is 14.3. The molecule has 0 unspecified atom stereocenters. The first-order chi connectivity index (χ1) is 12.5. The lowest BCUT2D eigenvalue weighted by Gasteiger charge is -2.15. The molecular formula is C19H17N5O2. The molecule has 0 saturated carbocycles. The Bertz CT molecular complexity index is 1130. The Morgan fingerprint density at radius 3 is 2.81 bits per heavy atom. The summed E-state index contributed by atoms with van der Waals surface area (Å²) in [5, 5.41) is 14.2. The van der Waals surface area contributed by atoms with Gasteiger partial charge < -0.3 is 20.3 Å². The van der Waals surface area contributed by atoms with Crippen molar-refractivity contribution in [3.63, 3.8) is 0 Å². The van der Waals surface area contributed by atoms with Gasteiger partial charge in [0.1, 0.15) is 11.5 Å². The highest BCUT2D eigenvalue weighted by Crippen LogP contribution is 2.31. The Labute approximate surface area is 149 Å². The Morgan fingerprint density at radius 1 is 1.19 bits per heavy atom. The molecular weight excluding hydrogens is 330 g/mol. The molecule has 0 amide bonds. The number of H-pyrrole nitrogens is 1. The van der Waals surface area contributed by atoms with E-state index in [1.54, 1.807) is 18.5 Å². The van der Waals surface area contributed by atoms with Crippen molar-refractivity contribution in [2.45, 2.75) is 0 Å². The van der Waals surface area contributed by atoms with E-state index in [1.807, 2.05) is 49.3 Å². The number of carboxylic acids is 1. The van der Waals surface area contributed by atoms with Crippen LogP contribution in [0.3, 0.4) is 0 Å². The summed E-state index contributed by atoms with van der Waals surface area (Å²) in [6, 6.07) is 11.3. The molecule has 4 aromatic rings. The molecule has 0 aliphatic heterocycles. The average molecular weight is 347 g/mol. The third kappa shape index (κ3) is 2.69. The van der Waals surface area contributed by atoms with Crippen LogP contribution in [0.5, 0.6) is 0 Å². The van der Waals surface area contributed by atoms with Gasteiger partial charge in [-0.25, -0.2) is 9.78 Å². The standard InChI is InChI=1S/C19H17N5O2/c1-24(2)12-5-3-4-11(8-12)21-18-14-9-15(19(25)26)22-17(14)13-6-7-20-10-16(13)23-18/h3-10,22H,1-2H3,(H,21,23)(H,25,26). The van der Waals surface area contributed by atoms with E-state index >= 15 is 0 Å². The number of aromatic amines is 1. The van der Waals surface area contributed by atoms with Crippen molar-refractivity contribution in [3.8, 4) is 0 Å². The van der Waals surface area contributed by atoms with Crippen molar-refractivity contribution in [1.82, 2.24) is 15.0 Å². The van der Waals surface area contributed by atoms with Crippen LogP contribution in [-0.2, 0) is 0 Å². The lowest BCUT2D eigenvalue weighted by atomic mass is 10.2. The van der Waals surface area contributed by atoms with Gasteiger partial charge in [0, 0.05) is 42.4 Å². The van der Waals surface area contributed by atoms with Crippen molar-refractivity contribution in [2.75, 3.05) is 24.3 Å². The van der Waals surface area contributed by atoms with Gasteiger partial charge in [0.05, 0.1) is 17.2 Å². The summed E-state index contributed by atoms with van der Waals surface area (Å²) < 4.78 is 0. The number of nitrogens with zero attached hydrogens (tertiary/aromatic N) is 3.